The molecule has 0 saturated carbocycles. The fourth-order valence-electron chi connectivity index (χ4n) is 1.54. The zero-order valence-electron chi connectivity index (χ0n) is 9.86. The van der Waals surface area contributed by atoms with Gasteiger partial charge in [0.05, 0.1) is 26.0 Å². The molecule has 5 nitrogen and oxygen atoms in total. The van der Waals surface area contributed by atoms with Crippen molar-refractivity contribution in [1.82, 2.24) is 9.97 Å². The zero-order valence-corrected chi connectivity index (χ0v) is 11.4. The topological polar surface area (TPSA) is 64.2 Å². The van der Waals surface area contributed by atoms with Crippen molar-refractivity contribution in [1.29, 1.82) is 0 Å². The lowest BCUT2D eigenvalue weighted by atomic mass is 10.2. The van der Waals surface area contributed by atoms with Crippen LogP contribution in [-0.2, 0) is 4.74 Å². The minimum atomic E-state index is -0.456. The van der Waals surface area contributed by atoms with E-state index in [9.17, 15) is 4.79 Å². The molecule has 0 aliphatic heterocycles. The van der Waals surface area contributed by atoms with Gasteiger partial charge in [-0.2, -0.15) is 0 Å². The molecule has 94 valence electrons. The lowest BCUT2D eigenvalue weighted by Gasteiger charge is -2.06. The molecule has 0 saturated heterocycles. The van der Waals surface area contributed by atoms with E-state index in [2.05, 4.69) is 30.6 Å². The Hall–Kier alpha value is -1.82. The number of benzene rings is 1. The molecule has 1 heterocycles. The Bertz CT molecular complexity index is 580. The van der Waals surface area contributed by atoms with Crippen LogP contribution in [0.4, 0.5) is 0 Å². The molecule has 0 spiro atoms. The number of esters is 1. The molecule has 6 heteroatoms. The third-order valence-electron chi connectivity index (χ3n) is 2.40. The van der Waals surface area contributed by atoms with Gasteiger partial charge in [-0.25, -0.2) is 9.78 Å². The Morgan fingerprint density at radius 2 is 2.17 bits per heavy atom. The van der Waals surface area contributed by atoms with Crippen LogP contribution in [0.1, 0.15) is 10.5 Å². The second kappa shape index (κ2) is 5.22. The summed E-state index contributed by atoms with van der Waals surface area (Å²) in [4.78, 5) is 18.4. The van der Waals surface area contributed by atoms with Gasteiger partial charge < -0.3 is 14.5 Å². The Morgan fingerprint density at radius 1 is 1.39 bits per heavy atom. The van der Waals surface area contributed by atoms with Crippen LogP contribution in [0.25, 0.3) is 11.4 Å². The predicted octanol–water partition coefficient (Wildman–Crippen LogP) is 2.63. The predicted molar refractivity (Wildman–Crippen MR) is 69.6 cm³/mol. The molecule has 0 bridgehead atoms. The van der Waals surface area contributed by atoms with Crippen molar-refractivity contribution in [2.24, 2.45) is 0 Å². The largest absolute Gasteiger partial charge is 0.496 e. The number of methoxy groups -OCH3 is 2. The lowest BCUT2D eigenvalue weighted by molar-refractivity contribution is 0.0595. The van der Waals surface area contributed by atoms with Crippen LogP contribution in [0.3, 0.4) is 0 Å². The summed E-state index contributed by atoms with van der Waals surface area (Å²) in [7, 11) is 2.90. The Labute approximate surface area is 112 Å². The molecule has 0 fully saturated rings. The number of aromatic amines is 1. The van der Waals surface area contributed by atoms with Crippen molar-refractivity contribution in [3.63, 3.8) is 0 Å². The number of ether oxygens (including phenoxy) is 2. The van der Waals surface area contributed by atoms with E-state index in [1.807, 2.05) is 18.2 Å². The number of imidazole rings is 1. The maximum atomic E-state index is 11.3. The molecule has 2 rings (SSSR count). The fraction of sp³-hybridized carbons (Fsp3) is 0.167. The number of hydrogen-bond acceptors (Lipinski definition) is 4. The second-order valence-electron chi connectivity index (χ2n) is 3.48. The van der Waals surface area contributed by atoms with Crippen molar-refractivity contribution < 1.29 is 14.3 Å². The van der Waals surface area contributed by atoms with E-state index in [1.54, 1.807) is 7.11 Å². The first-order chi connectivity index (χ1) is 8.65. The van der Waals surface area contributed by atoms with E-state index in [-0.39, 0.29) is 0 Å². The number of carbonyl (C=O) groups is 1. The average Bonchev–Trinajstić information content (AvgIpc) is 2.87. The summed E-state index contributed by atoms with van der Waals surface area (Å²) in [6, 6.07) is 5.55. The summed E-state index contributed by atoms with van der Waals surface area (Å²) < 4.78 is 10.8. The first-order valence-corrected chi connectivity index (χ1v) is 5.92. The molecule has 1 aromatic carbocycles. The lowest BCUT2D eigenvalue weighted by Crippen LogP contribution is -2.01. The van der Waals surface area contributed by atoms with Crippen LogP contribution in [-0.4, -0.2) is 30.2 Å². The van der Waals surface area contributed by atoms with Crippen molar-refractivity contribution in [2.75, 3.05) is 14.2 Å². The fourth-order valence-corrected chi connectivity index (χ4v) is 1.90. The third kappa shape index (κ3) is 2.38. The van der Waals surface area contributed by atoms with E-state index in [0.29, 0.717) is 17.3 Å². The van der Waals surface area contributed by atoms with E-state index >= 15 is 0 Å². The summed E-state index contributed by atoms with van der Waals surface area (Å²) in [5, 5.41) is 0. The SMILES string of the molecule is COC(=O)c1cnc(-c2cc(Br)ccc2OC)[nH]1. The van der Waals surface area contributed by atoms with Gasteiger partial charge in [0.1, 0.15) is 17.3 Å². The van der Waals surface area contributed by atoms with Crippen LogP contribution in [0, 0.1) is 0 Å². The van der Waals surface area contributed by atoms with Crippen molar-refractivity contribution in [3.8, 4) is 17.1 Å². The number of nitrogens with zero attached hydrogens (tertiary/aromatic N) is 1. The minimum Gasteiger partial charge on any atom is -0.496 e. The number of hydrogen-bond donors (Lipinski definition) is 1. The number of aromatic nitrogens is 2. The molecular weight excluding hydrogens is 300 g/mol. The molecular formula is C12H11BrN2O3. The van der Waals surface area contributed by atoms with Crippen molar-refractivity contribution in [3.05, 3.63) is 34.6 Å². The quantitative estimate of drug-likeness (QED) is 0.885. The summed E-state index contributed by atoms with van der Waals surface area (Å²) in [6.45, 7) is 0. The van der Waals surface area contributed by atoms with E-state index in [0.717, 1.165) is 10.0 Å². The van der Waals surface area contributed by atoms with Crippen molar-refractivity contribution >= 4 is 21.9 Å². The van der Waals surface area contributed by atoms with Crippen molar-refractivity contribution in [2.45, 2.75) is 0 Å². The number of nitrogens with one attached hydrogen (secondary N) is 1. The maximum Gasteiger partial charge on any atom is 0.356 e. The molecule has 1 N–H and O–H groups in total. The minimum absolute atomic E-state index is 0.300. The highest BCUT2D eigenvalue weighted by Gasteiger charge is 2.13. The third-order valence-corrected chi connectivity index (χ3v) is 2.89. The number of rotatable bonds is 3. The monoisotopic (exact) mass is 310 g/mol. The molecule has 2 aromatic rings. The highest BCUT2D eigenvalue weighted by Crippen LogP contribution is 2.30. The zero-order chi connectivity index (χ0) is 13.1. The average molecular weight is 311 g/mol. The van der Waals surface area contributed by atoms with Crippen LogP contribution < -0.4 is 4.74 Å². The van der Waals surface area contributed by atoms with Gasteiger partial charge in [-0.3, -0.25) is 0 Å². The van der Waals surface area contributed by atoms with E-state index in [1.165, 1.54) is 13.3 Å². The molecule has 0 radical (unpaired) electrons. The normalized spacial score (nSPS) is 10.2. The number of H-pyrrole nitrogens is 1. The summed E-state index contributed by atoms with van der Waals surface area (Å²) in [5.74, 6) is 0.764. The van der Waals surface area contributed by atoms with E-state index in [4.69, 9.17) is 4.74 Å². The summed E-state index contributed by atoms with van der Waals surface area (Å²) in [6.07, 6.45) is 1.43. The molecule has 0 unspecified atom stereocenters. The Balaban J connectivity index is 2.45. The smallest absolute Gasteiger partial charge is 0.356 e. The van der Waals surface area contributed by atoms with Crippen LogP contribution in [0.2, 0.25) is 0 Å². The molecule has 1 aromatic heterocycles. The summed E-state index contributed by atoms with van der Waals surface area (Å²) in [5.41, 5.74) is 1.07. The van der Waals surface area contributed by atoms with E-state index < -0.39 is 5.97 Å². The first-order valence-electron chi connectivity index (χ1n) is 5.13. The first kappa shape index (κ1) is 12.6. The van der Waals surface area contributed by atoms with Gasteiger partial charge in [-0.1, -0.05) is 15.9 Å². The highest BCUT2D eigenvalue weighted by atomic mass is 79.9. The van der Waals surface area contributed by atoms with Gasteiger partial charge in [0.25, 0.3) is 0 Å². The number of halogens is 1. The number of carbonyl (C=O) groups excluding carboxylic acids is 1. The van der Waals surface area contributed by atoms with Gasteiger partial charge >= 0.3 is 5.97 Å². The van der Waals surface area contributed by atoms with Gasteiger partial charge in [0.15, 0.2) is 0 Å². The highest BCUT2D eigenvalue weighted by molar-refractivity contribution is 9.10. The molecule has 0 aliphatic rings. The Kier molecular flexibility index (Phi) is 3.66. The van der Waals surface area contributed by atoms with Gasteiger partial charge in [0, 0.05) is 4.47 Å². The Morgan fingerprint density at radius 3 is 2.83 bits per heavy atom. The molecule has 0 aliphatic carbocycles. The van der Waals surface area contributed by atoms with Crippen LogP contribution in [0.15, 0.2) is 28.9 Å². The second-order valence-corrected chi connectivity index (χ2v) is 4.40. The van der Waals surface area contributed by atoms with Gasteiger partial charge in [-0.05, 0) is 18.2 Å². The maximum absolute atomic E-state index is 11.3. The van der Waals surface area contributed by atoms with Gasteiger partial charge in [0.2, 0.25) is 0 Å². The van der Waals surface area contributed by atoms with Crippen LogP contribution in [0.5, 0.6) is 5.75 Å². The standard InChI is InChI=1S/C12H11BrN2O3/c1-17-10-4-3-7(13)5-8(10)11-14-6-9(15-11)12(16)18-2/h3-6H,1-2H3,(H,14,15). The molecule has 0 amide bonds. The molecule has 0 atom stereocenters. The summed E-state index contributed by atoms with van der Waals surface area (Å²) >= 11 is 3.38. The van der Waals surface area contributed by atoms with Gasteiger partial charge in [-0.15, -0.1) is 0 Å². The molecule has 18 heavy (non-hydrogen) atoms. The van der Waals surface area contributed by atoms with Crippen LogP contribution >= 0.6 is 15.9 Å².